The Morgan fingerprint density at radius 3 is 3.06 bits per heavy atom. The highest BCUT2D eigenvalue weighted by molar-refractivity contribution is 8.00. The van der Waals surface area contributed by atoms with Crippen LogP contribution in [0.2, 0.25) is 0 Å². The first-order chi connectivity index (χ1) is 8.59. The van der Waals surface area contributed by atoms with E-state index in [9.17, 15) is 0 Å². The Labute approximate surface area is 117 Å². The van der Waals surface area contributed by atoms with Gasteiger partial charge in [0.25, 0.3) is 0 Å². The molecule has 0 atom stereocenters. The number of thiophene rings is 1. The molecule has 1 N–H and O–H groups in total. The molecule has 18 heavy (non-hydrogen) atoms. The molecule has 0 unspecified atom stereocenters. The maximum atomic E-state index is 8.67. The van der Waals surface area contributed by atoms with Crippen LogP contribution in [0.1, 0.15) is 24.3 Å². The van der Waals surface area contributed by atoms with Crippen LogP contribution in [0.4, 0.5) is 0 Å². The molecule has 4 heteroatoms. The molecule has 1 aromatic heterocycles. The molecule has 0 aliphatic carbocycles. The van der Waals surface area contributed by atoms with Crippen molar-refractivity contribution in [2.75, 3.05) is 25.4 Å². The second kappa shape index (κ2) is 6.12. The highest BCUT2D eigenvalue weighted by Gasteiger charge is 2.26. The summed E-state index contributed by atoms with van der Waals surface area (Å²) in [7, 11) is 0. The monoisotopic (exact) mass is 281 g/mol. The Morgan fingerprint density at radius 1 is 1.50 bits per heavy atom. The molecule has 2 rings (SSSR count). The van der Waals surface area contributed by atoms with E-state index in [1.165, 1.54) is 17.2 Å². The number of aliphatic hydroxyl groups excluding tert-OH is 1. The van der Waals surface area contributed by atoms with E-state index in [4.69, 9.17) is 5.11 Å². The Bertz CT molecular complexity index is 456. The zero-order chi connectivity index (χ0) is 13.0. The van der Waals surface area contributed by atoms with Crippen molar-refractivity contribution in [3.63, 3.8) is 0 Å². The van der Waals surface area contributed by atoms with Gasteiger partial charge in [-0.15, -0.1) is 11.3 Å². The first kappa shape index (κ1) is 14.0. The van der Waals surface area contributed by atoms with Crippen LogP contribution in [-0.2, 0) is 6.54 Å². The molecule has 0 aromatic carbocycles. The Balaban J connectivity index is 1.95. The third-order valence-corrected chi connectivity index (χ3v) is 5.07. The van der Waals surface area contributed by atoms with Gasteiger partial charge in [-0.3, -0.25) is 4.90 Å². The van der Waals surface area contributed by atoms with Crippen molar-refractivity contribution in [3.8, 4) is 11.8 Å². The number of aliphatic hydroxyl groups is 1. The molecule has 0 saturated carbocycles. The fourth-order valence-electron chi connectivity index (χ4n) is 2.14. The first-order valence-corrected chi connectivity index (χ1v) is 7.99. The van der Waals surface area contributed by atoms with Crippen LogP contribution in [0.5, 0.6) is 0 Å². The minimum Gasteiger partial charge on any atom is -0.384 e. The van der Waals surface area contributed by atoms with Crippen LogP contribution >= 0.6 is 23.1 Å². The van der Waals surface area contributed by atoms with E-state index in [2.05, 4.69) is 53.8 Å². The number of rotatable bonds is 2. The van der Waals surface area contributed by atoms with Gasteiger partial charge in [0.05, 0.1) is 0 Å². The maximum Gasteiger partial charge on any atom is 0.104 e. The van der Waals surface area contributed by atoms with Gasteiger partial charge in [-0.25, -0.2) is 0 Å². The molecule has 98 valence electrons. The summed E-state index contributed by atoms with van der Waals surface area (Å²) < 4.78 is 0.370. The summed E-state index contributed by atoms with van der Waals surface area (Å²) in [5.41, 5.74) is 1.02. The van der Waals surface area contributed by atoms with Crippen LogP contribution in [-0.4, -0.2) is 40.2 Å². The Hall–Kier alpha value is -0.470. The van der Waals surface area contributed by atoms with E-state index in [1.54, 1.807) is 11.3 Å². The predicted octanol–water partition coefficient (Wildman–Crippen LogP) is 2.42. The largest absolute Gasteiger partial charge is 0.384 e. The number of hydrogen-bond donors (Lipinski definition) is 1. The van der Waals surface area contributed by atoms with E-state index in [1.807, 2.05) is 0 Å². The van der Waals surface area contributed by atoms with Crippen molar-refractivity contribution in [1.82, 2.24) is 4.90 Å². The maximum absolute atomic E-state index is 8.67. The van der Waals surface area contributed by atoms with Crippen molar-refractivity contribution in [2.24, 2.45) is 0 Å². The van der Waals surface area contributed by atoms with Gasteiger partial charge in [0.1, 0.15) is 6.61 Å². The van der Waals surface area contributed by atoms with Gasteiger partial charge < -0.3 is 5.11 Å². The highest BCUT2D eigenvalue weighted by Crippen LogP contribution is 2.30. The molecule has 1 aliphatic heterocycles. The van der Waals surface area contributed by atoms with E-state index >= 15 is 0 Å². The fraction of sp³-hybridized carbons (Fsp3) is 0.571. The quantitative estimate of drug-likeness (QED) is 0.842. The normalized spacial score (nSPS) is 19.3. The van der Waals surface area contributed by atoms with Crippen molar-refractivity contribution < 1.29 is 5.11 Å². The Kier molecular flexibility index (Phi) is 4.74. The van der Waals surface area contributed by atoms with Crippen molar-refractivity contribution in [3.05, 3.63) is 21.9 Å². The van der Waals surface area contributed by atoms with Gasteiger partial charge in [0.15, 0.2) is 0 Å². The minimum absolute atomic E-state index is 0.0667. The fourth-order valence-corrected chi connectivity index (χ4v) is 4.17. The summed E-state index contributed by atoms with van der Waals surface area (Å²) >= 11 is 3.82. The summed E-state index contributed by atoms with van der Waals surface area (Å²) in [5.74, 6) is 6.86. The molecule has 1 aromatic rings. The Morgan fingerprint density at radius 2 is 2.33 bits per heavy atom. The summed E-state index contributed by atoms with van der Waals surface area (Å²) in [5, 5.41) is 10.7. The molecule has 0 bridgehead atoms. The standard InChI is InChI=1S/C14H19NOS2/c1-14(2)11-15(5-7-18-14)9-13-8-12(10-17-13)4-3-6-16/h8,10,16H,5-7,9,11H2,1-2H3. The van der Waals surface area contributed by atoms with Gasteiger partial charge in [-0.2, -0.15) is 11.8 Å². The summed E-state index contributed by atoms with van der Waals surface area (Å²) in [6.07, 6.45) is 0. The van der Waals surface area contributed by atoms with Crippen LogP contribution in [0.15, 0.2) is 11.4 Å². The van der Waals surface area contributed by atoms with Crippen LogP contribution in [0.25, 0.3) is 0 Å². The second-order valence-electron chi connectivity index (χ2n) is 5.08. The lowest BCUT2D eigenvalue weighted by Gasteiger charge is -2.37. The van der Waals surface area contributed by atoms with Crippen LogP contribution < -0.4 is 0 Å². The average molecular weight is 281 g/mol. The zero-order valence-electron chi connectivity index (χ0n) is 10.9. The lowest BCUT2D eigenvalue weighted by Crippen LogP contribution is -2.42. The van der Waals surface area contributed by atoms with Crippen LogP contribution in [0, 0.1) is 11.8 Å². The molecule has 1 saturated heterocycles. The molecule has 0 radical (unpaired) electrons. The lowest BCUT2D eigenvalue weighted by atomic mass is 10.2. The molecule has 2 heterocycles. The summed E-state index contributed by atoms with van der Waals surface area (Å²) in [6, 6.07) is 2.14. The second-order valence-corrected chi connectivity index (χ2v) is 7.88. The van der Waals surface area contributed by atoms with Gasteiger partial charge in [0, 0.05) is 46.0 Å². The molecule has 2 nitrogen and oxygen atoms in total. The van der Waals surface area contributed by atoms with E-state index in [-0.39, 0.29) is 6.61 Å². The smallest absolute Gasteiger partial charge is 0.104 e. The first-order valence-electron chi connectivity index (χ1n) is 6.12. The predicted molar refractivity (Wildman–Crippen MR) is 80.1 cm³/mol. The zero-order valence-corrected chi connectivity index (χ0v) is 12.5. The van der Waals surface area contributed by atoms with Gasteiger partial charge >= 0.3 is 0 Å². The topological polar surface area (TPSA) is 23.5 Å². The van der Waals surface area contributed by atoms with Crippen molar-refractivity contribution >= 4 is 23.1 Å². The molecular formula is C14H19NOS2. The number of thioether (sulfide) groups is 1. The van der Waals surface area contributed by atoms with E-state index in [0.29, 0.717) is 4.75 Å². The lowest BCUT2D eigenvalue weighted by molar-refractivity contribution is 0.254. The third-order valence-electron chi connectivity index (χ3n) is 2.85. The van der Waals surface area contributed by atoms with Crippen molar-refractivity contribution in [2.45, 2.75) is 25.1 Å². The minimum atomic E-state index is -0.0667. The summed E-state index contributed by atoms with van der Waals surface area (Å²) in [4.78, 5) is 3.88. The summed E-state index contributed by atoms with van der Waals surface area (Å²) in [6.45, 7) is 7.90. The highest BCUT2D eigenvalue weighted by atomic mass is 32.2. The number of nitrogens with zero attached hydrogens (tertiary/aromatic N) is 1. The number of hydrogen-bond acceptors (Lipinski definition) is 4. The van der Waals surface area contributed by atoms with Gasteiger partial charge in [-0.05, 0) is 19.9 Å². The molecular weight excluding hydrogens is 262 g/mol. The molecule has 1 fully saturated rings. The molecule has 0 spiro atoms. The molecule has 1 aliphatic rings. The van der Waals surface area contributed by atoms with Gasteiger partial charge in [-0.1, -0.05) is 11.8 Å². The third kappa shape index (κ3) is 4.03. The van der Waals surface area contributed by atoms with Gasteiger partial charge in [0.2, 0.25) is 0 Å². The van der Waals surface area contributed by atoms with Crippen molar-refractivity contribution in [1.29, 1.82) is 0 Å². The average Bonchev–Trinajstić information content (AvgIpc) is 2.73. The SMILES string of the molecule is CC1(C)CN(Cc2cc(C#CCO)cs2)CCS1. The van der Waals surface area contributed by atoms with E-state index in [0.717, 1.165) is 18.7 Å². The van der Waals surface area contributed by atoms with E-state index < -0.39 is 0 Å². The molecule has 0 amide bonds. The van der Waals surface area contributed by atoms with Crippen LogP contribution in [0.3, 0.4) is 0 Å².